The van der Waals surface area contributed by atoms with Crippen molar-refractivity contribution in [1.29, 1.82) is 0 Å². The molecule has 0 spiro atoms. The van der Waals surface area contributed by atoms with Crippen molar-refractivity contribution in [2.75, 3.05) is 33.0 Å². The summed E-state index contributed by atoms with van der Waals surface area (Å²) >= 11 is 1.77. The lowest BCUT2D eigenvalue weighted by Gasteiger charge is -2.13. The molecule has 1 aromatic carbocycles. The van der Waals surface area contributed by atoms with Gasteiger partial charge >= 0.3 is 0 Å². The van der Waals surface area contributed by atoms with Crippen LogP contribution in [0.4, 0.5) is 0 Å². The number of methoxy groups -OCH3 is 1. The summed E-state index contributed by atoms with van der Waals surface area (Å²) in [6, 6.07) is 8.01. The highest BCUT2D eigenvalue weighted by Gasteiger charge is 2.08. The van der Waals surface area contributed by atoms with Crippen LogP contribution in [0.1, 0.15) is 19.8 Å². The normalized spacial score (nSPS) is 12.0. The molecular weight excluding hydrogens is 284 g/mol. The van der Waals surface area contributed by atoms with E-state index in [1.54, 1.807) is 18.9 Å². The van der Waals surface area contributed by atoms with Crippen LogP contribution >= 0.6 is 11.8 Å². The highest BCUT2D eigenvalue weighted by atomic mass is 32.2. The van der Waals surface area contributed by atoms with Gasteiger partial charge < -0.3 is 15.4 Å². The molecule has 0 saturated carbocycles. The van der Waals surface area contributed by atoms with Gasteiger partial charge in [-0.25, -0.2) is 0 Å². The zero-order chi connectivity index (χ0) is 15.5. The van der Waals surface area contributed by atoms with Gasteiger partial charge in [0.15, 0.2) is 0 Å². The Kier molecular flexibility index (Phi) is 8.94. The van der Waals surface area contributed by atoms with E-state index >= 15 is 0 Å². The summed E-state index contributed by atoms with van der Waals surface area (Å²) in [4.78, 5) is 12.8. The second-order valence-corrected chi connectivity index (χ2v) is 6.14. The minimum absolute atomic E-state index is 0.138. The molecule has 1 rings (SSSR count). The van der Waals surface area contributed by atoms with Crippen LogP contribution in [0, 0.1) is 5.92 Å². The van der Waals surface area contributed by atoms with Crippen molar-refractivity contribution >= 4 is 17.7 Å². The lowest BCUT2D eigenvalue weighted by atomic mass is 10.2. The molecule has 0 aliphatic rings. The van der Waals surface area contributed by atoms with Gasteiger partial charge in [-0.3, -0.25) is 4.79 Å². The van der Waals surface area contributed by atoms with E-state index in [-0.39, 0.29) is 5.91 Å². The summed E-state index contributed by atoms with van der Waals surface area (Å²) in [5, 5.41) is 6.04. The van der Waals surface area contributed by atoms with Crippen LogP contribution in [0.25, 0.3) is 0 Å². The first-order valence-electron chi connectivity index (χ1n) is 7.34. The Morgan fingerprint density at radius 2 is 2.14 bits per heavy atom. The third kappa shape index (κ3) is 7.39. The number of thioether (sulfide) groups is 1. The molecule has 1 unspecified atom stereocenters. The monoisotopic (exact) mass is 310 g/mol. The van der Waals surface area contributed by atoms with Crippen LogP contribution in [-0.2, 0) is 4.79 Å². The summed E-state index contributed by atoms with van der Waals surface area (Å²) in [5.41, 5.74) is 0. The van der Waals surface area contributed by atoms with E-state index < -0.39 is 0 Å². The van der Waals surface area contributed by atoms with E-state index in [4.69, 9.17) is 4.74 Å². The Labute approximate surface area is 132 Å². The van der Waals surface area contributed by atoms with E-state index in [0.29, 0.717) is 12.3 Å². The molecule has 0 heterocycles. The lowest BCUT2D eigenvalue weighted by molar-refractivity contribution is -0.121. The number of carbonyl (C=O) groups is 1. The highest BCUT2D eigenvalue weighted by Crippen LogP contribution is 2.29. The second-order valence-electron chi connectivity index (χ2n) is 5.08. The van der Waals surface area contributed by atoms with Gasteiger partial charge in [0.2, 0.25) is 5.91 Å². The number of ether oxygens (including phenoxy) is 1. The second kappa shape index (κ2) is 10.5. The molecular formula is C16H26N2O2S. The van der Waals surface area contributed by atoms with Crippen LogP contribution in [0.2, 0.25) is 0 Å². The Bertz CT molecular complexity index is 426. The Hall–Kier alpha value is -1.20. The number of rotatable bonds is 10. The fourth-order valence-corrected chi connectivity index (χ4v) is 2.88. The predicted octanol–water partition coefficient (Wildman–Crippen LogP) is 2.54. The third-order valence-electron chi connectivity index (χ3n) is 3.07. The van der Waals surface area contributed by atoms with Crippen LogP contribution < -0.4 is 15.4 Å². The first kappa shape index (κ1) is 17.9. The molecule has 0 aliphatic heterocycles. The van der Waals surface area contributed by atoms with Gasteiger partial charge in [-0.05, 0) is 38.1 Å². The molecule has 0 radical (unpaired) electrons. The van der Waals surface area contributed by atoms with Gasteiger partial charge in [-0.15, -0.1) is 11.8 Å². The molecule has 1 aromatic rings. The molecule has 0 saturated heterocycles. The fourth-order valence-electron chi connectivity index (χ4n) is 1.83. The molecule has 0 aliphatic carbocycles. The van der Waals surface area contributed by atoms with E-state index in [9.17, 15) is 4.79 Å². The zero-order valence-electron chi connectivity index (χ0n) is 13.1. The molecule has 5 heteroatoms. The Morgan fingerprint density at radius 3 is 2.86 bits per heavy atom. The Balaban J connectivity index is 2.24. The lowest BCUT2D eigenvalue weighted by Crippen LogP contribution is -2.29. The first-order chi connectivity index (χ1) is 10.2. The van der Waals surface area contributed by atoms with Crippen LogP contribution in [0.5, 0.6) is 5.75 Å². The van der Waals surface area contributed by atoms with Gasteiger partial charge in [0, 0.05) is 23.6 Å². The van der Waals surface area contributed by atoms with E-state index in [1.165, 1.54) is 0 Å². The molecule has 2 N–H and O–H groups in total. The zero-order valence-corrected chi connectivity index (χ0v) is 14.0. The topological polar surface area (TPSA) is 50.4 Å². The number of benzene rings is 1. The summed E-state index contributed by atoms with van der Waals surface area (Å²) in [6.07, 6.45) is 1.47. The smallest absolute Gasteiger partial charge is 0.220 e. The summed E-state index contributed by atoms with van der Waals surface area (Å²) in [7, 11) is 3.59. The van der Waals surface area contributed by atoms with Crippen molar-refractivity contribution in [1.82, 2.24) is 10.6 Å². The SMILES string of the molecule is CNCCCC(=O)NCC(C)CSc1ccccc1OC. The summed E-state index contributed by atoms with van der Waals surface area (Å²) in [6.45, 7) is 3.75. The average Bonchev–Trinajstić information content (AvgIpc) is 2.51. The van der Waals surface area contributed by atoms with Crippen molar-refractivity contribution in [3.63, 3.8) is 0 Å². The molecule has 1 amide bonds. The average molecular weight is 310 g/mol. The first-order valence-corrected chi connectivity index (χ1v) is 8.33. The maximum absolute atomic E-state index is 11.6. The number of amides is 1. The van der Waals surface area contributed by atoms with Crippen LogP contribution in [0.3, 0.4) is 0 Å². The third-order valence-corrected chi connectivity index (χ3v) is 4.45. The Morgan fingerprint density at radius 1 is 1.38 bits per heavy atom. The number of carbonyl (C=O) groups excluding carboxylic acids is 1. The minimum atomic E-state index is 0.138. The predicted molar refractivity (Wildman–Crippen MR) is 89.1 cm³/mol. The molecule has 118 valence electrons. The van der Waals surface area contributed by atoms with Crippen molar-refractivity contribution in [2.45, 2.75) is 24.7 Å². The van der Waals surface area contributed by atoms with Crippen molar-refractivity contribution in [2.24, 2.45) is 5.92 Å². The molecule has 0 bridgehead atoms. The molecule has 4 nitrogen and oxygen atoms in total. The maximum Gasteiger partial charge on any atom is 0.220 e. The van der Waals surface area contributed by atoms with Gasteiger partial charge in [-0.1, -0.05) is 19.1 Å². The van der Waals surface area contributed by atoms with Crippen LogP contribution in [0.15, 0.2) is 29.2 Å². The molecule has 21 heavy (non-hydrogen) atoms. The van der Waals surface area contributed by atoms with Gasteiger partial charge in [0.05, 0.1) is 7.11 Å². The van der Waals surface area contributed by atoms with E-state index in [2.05, 4.69) is 23.6 Å². The molecule has 0 aromatic heterocycles. The van der Waals surface area contributed by atoms with E-state index in [0.717, 1.165) is 35.9 Å². The van der Waals surface area contributed by atoms with Gasteiger partial charge in [-0.2, -0.15) is 0 Å². The van der Waals surface area contributed by atoms with Crippen molar-refractivity contribution in [3.8, 4) is 5.75 Å². The largest absolute Gasteiger partial charge is 0.496 e. The quantitative estimate of drug-likeness (QED) is 0.515. The number of nitrogens with one attached hydrogen (secondary N) is 2. The number of para-hydroxylation sites is 1. The summed E-state index contributed by atoms with van der Waals surface area (Å²) in [5.74, 6) is 2.43. The van der Waals surface area contributed by atoms with Crippen molar-refractivity contribution in [3.05, 3.63) is 24.3 Å². The number of hydrogen-bond acceptors (Lipinski definition) is 4. The summed E-state index contributed by atoms with van der Waals surface area (Å²) < 4.78 is 5.33. The van der Waals surface area contributed by atoms with Crippen molar-refractivity contribution < 1.29 is 9.53 Å². The number of hydrogen-bond donors (Lipinski definition) is 2. The fraction of sp³-hybridized carbons (Fsp3) is 0.562. The van der Waals surface area contributed by atoms with Gasteiger partial charge in [0.25, 0.3) is 0 Å². The van der Waals surface area contributed by atoms with Crippen LogP contribution in [-0.4, -0.2) is 38.9 Å². The maximum atomic E-state index is 11.6. The molecule has 0 fully saturated rings. The minimum Gasteiger partial charge on any atom is -0.496 e. The molecule has 1 atom stereocenters. The van der Waals surface area contributed by atoms with Gasteiger partial charge in [0.1, 0.15) is 5.75 Å². The van der Waals surface area contributed by atoms with E-state index in [1.807, 2.05) is 25.2 Å². The standard InChI is InChI=1S/C16H26N2O2S/c1-13(11-18-16(19)9-6-10-17-2)12-21-15-8-5-4-7-14(15)20-3/h4-5,7-8,13,17H,6,9-12H2,1-3H3,(H,18,19). The highest BCUT2D eigenvalue weighted by molar-refractivity contribution is 7.99.